The molecule has 0 aliphatic rings. The van der Waals surface area contributed by atoms with Gasteiger partial charge in [0.2, 0.25) is 0 Å². The molecular weight excluding hydrogens is 266 g/mol. The number of nitrogens with one attached hydrogen (secondary N) is 1. The molecule has 0 radical (unpaired) electrons. The average Bonchev–Trinajstić information content (AvgIpc) is 2.82. The molecule has 0 unspecified atom stereocenters. The fraction of sp³-hybridized carbons (Fsp3) is 0.125. The largest absolute Gasteiger partial charge is 0.349 e. The molecule has 21 heavy (non-hydrogen) atoms. The van der Waals surface area contributed by atoms with Gasteiger partial charge in [0.1, 0.15) is 0 Å². The Morgan fingerprint density at radius 1 is 0.857 bits per heavy atom. The van der Waals surface area contributed by atoms with Crippen LogP contribution in [0.2, 0.25) is 0 Å². The molecule has 2 aromatic carbocycles. The van der Waals surface area contributed by atoms with Crippen molar-refractivity contribution in [1.29, 1.82) is 0 Å². The number of aromatic amines is 1. The number of nitrogens with zero attached hydrogens (tertiary/aromatic N) is 2. The van der Waals surface area contributed by atoms with Crippen molar-refractivity contribution < 1.29 is 0 Å². The highest BCUT2D eigenvalue weighted by Gasteiger charge is 2.17. The molecule has 5 nitrogen and oxygen atoms in total. The first-order chi connectivity index (χ1) is 10.2. The number of rotatable bonds is 3. The standard InChI is InChI=1S/C16H15N3O2/c1-12(13-8-4-2-5-9-13)18-15(20)17-16(21)19(18)14-10-6-3-7-11-14/h2-12H,1H3,(H,17,20,21)/t12-/m0/s1. The molecule has 0 spiro atoms. The summed E-state index contributed by atoms with van der Waals surface area (Å²) >= 11 is 0. The molecule has 106 valence electrons. The summed E-state index contributed by atoms with van der Waals surface area (Å²) < 4.78 is 2.81. The van der Waals surface area contributed by atoms with Gasteiger partial charge in [-0.3, -0.25) is 4.98 Å². The number of H-pyrrole nitrogens is 1. The van der Waals surface area contributed by atoms with E-state index in [1.54, 1.807) is 12.1 Å². The van der Waals surface area contributed by atoms with E-state index in [0.717, 1.165) is 5.56 Å². The fourth-order valence-corrected chi connectivity index (χ4v) is 2.42. The van der Waals surface area contributed by atoms with Gasteiger partial charge in [0.15, 0.2) is 0 Å². The molecule has 3 aromatic rings. The van der Waals surface area contributed by atoms with Gasteiger partial charge in [0.25, 0.3) is 0 Å². The van der Waals surface area contributed by atoms with Crippen LogP contribution in [0.15, 0.2) is 70.3 Å². The summed E-state index contributed by atoms with van der Waals surface area (Å²) in [6, 6.07) is 18.5. The Labute approximate surface area is 121 Å². The van der Waals surface area contributed by atoms with Crippen LogP contribution in [0, 0.1) is 0 Å². The lowest BCUT2D eigenvalue weighted by molar-refractivity contribution is 0.488. The fourth-order valence-electron chi connectivity index (χ4n) is 2.42. The Bertz CT molecular complexity index is 844. The van der Waals surface area contributed by atoms with Crippen molar-refractivity contribution >= 4 is 0 Å². The molecule has 0 aliphatic carbocycles. The third-order valence-corrected chi connectivity index (χ3v) is 3.48. The lowest BCUT2D eigenvalue weighted by atomic mass is 10.1. The van der Waals surface area contributed by atoms with Gasteiger partial charge in [-0.2, -0.15) is 4.68 Å². The van der Waals surface area contributed by atoms with Crippen molar-refractivity contribution in [3.05, 3.63) is 87.2 Å². The highest BCUT2D eigenvalue weighted by atomic mass is 16.2. The molecule has 0 bridgehead atoms. The summed E-state index contributed by atoms with van der Waals surface area (Å²) in [5.74, 6) is 0. The number of hydrogen-bond acceptors (Lipinski definition) is 2. The summed E-state index contributed by atoms with van der Waals surface area (Å²) in [5.41, 5.74) is 0.765. The second kappa shape index (κ2) is 5.28. The van der Waals surface area contributed by atoms with Gasteiger partial charge in [0.05, 0.1) is 11.7 Å². The average molecular weight is 281 g/mol. The minimum absolute atomic E-state index is 0.252. The van der Waals surface area contributed by atoms with Crippen LogP contribution in [-0.2, 0) is 0 Å². The molecule has 1 N–H and O–H groups in total. The van der Waals surface area contributed by atoms with Gasteiger partial charge in [-0.05, 0) is 24.6 Å². The van der Waals surface area contributed by atoms with Gasteiger partial charge in [-0.15, -0.1) is 0 Å². The van der Waals surface area contributed by atoms with Crippen LogP contribution in [0.3, 0.4) is 0 Å². The van der Waals surface area contributed by atoms with Crippen LogP contribution in [-0.4, -0.2) is 14.3 Å². The molecule has 0 aliphatic heterocycles. The monoisotopic (exact) mass is 281 g/mol. The van der Waals surface area contributed by atoms with E-state index in [-0.39, 0.29) is 6.04 Å². The van der Waals surface area contributed by atoms with Crippen LogP contribution in [0.1, 0.15) is 18.5 Å². The van der Waals surface area contributed by atoms with E-state index in [1.165, 1.54) is 9.36 Å². The SMILES string of the molecule is C[C@@H](c1ccccc1)n1c(=O)[nH]c(=O)n1-c1ccccc1. The van der Waals surface area contributed by atoms with Gasteiger partial charge >= 0.3 is 11.4 Å². The predicted octanol–water partition coefficient (Wildman–Crippen LogP) is 1.94. The normalized spacial score (nSPS) is 12.2. The maximum Gasteiger partial charge on any atom is 0.349 e. The summed E-state index contributed by atoms with van der Waals surface area (Å²) in [5, 5.41) is 0. The maximum atomic E-state index is 12.1. The van der Waals surface area contributed by atoms with Crippen molar-refractivity contribution in [1.82, 2.24) is 14.3 Å². The zero-order valence-corrected chi connectivity index (χ0v) is 11.6. The molecule has 0 saturated heterocycles. The van der Waals surface area contributed by atoms with E-state index in [4.69, 9.17) is 0 Å². The number of aromatic nitrogens is 3. The first kappa shape index (κ1) is 13.2. The minimum Gasteiger partial charge on any atom is -0.256 e. The number of benzene rings is 2. The molecule has 3 rings (SSSR count). The topological polar surface area (TPSA) is 59.8 Å². The lowest BCUT2D eigenvalue weighted by Crippen LogP contribution is -2.28. The summed E-state index contributed by atoms with van der Waals surface area (Å²) in [6.45, 7) is 1.89. The number of hydrogen-bond donors (Lipinski definition) is 1. The van der Waals surface area contributed by atoms with E-state index in [9.17, 15) is 9.59 Å². The highest BCUT2D eigenvalue weighted by molar-refractivity contribution is 5.30. The second-order valence-corrected chi connectivity index (χ2v) is 4.81. The molecule has 1 atom stereocenters. The van der Waals surface area contributed by atoms with Crippen LogP contribution in [0.5, 0.6) is 0 Å². The Morgan fingerprint density at radius 3 is 2.05 bits per heavy atom. The summed E-state index contributed by atoms with van der Waals surface area (Å²) in [4.78, 5) is 26.6. The summed E-state index contributed by atoms with van der Waals surface area (Å²) in [6.07, 6.45) is 0. The van der Waals surface area contributed by atoms with Gasteiger partial charge in [-0.1, -0.05) is 48.5 Å². The molecular formula is C16H15N3O2. The molecule has 1 aromatic heterocycles. The Balaban J connectivity index is 2.20. The van der Waals surface area contributed by atoms with Crippen molar-refractivity contribution in [2.45, 2.75) is 13.0 Å². The number of para-hydroxylation sites is 1. The molecule has 0 saturated carbocycles. The zero-order chi connectivity index (χ0) is 14.8. The van der Waals surface area contributed by atoms with E-state index >= 15 is 0 Å². The molecule has 5 heteroatoms. The van der Waals surface area contributed by atoms with Crippen molar-refractivity contribution in [3.8, 4) is 5.69 Å². The Kier molecular flexibility index (Phi) is 3.31. The Hall–Kier alpha value is -2.82. The molecule has 0 fully saturated rings. The third-order valence-electron chi connectivity index (χ3n) is 3.48. The van der Waals surface area contributed by atoms with E-state index in [0.29, 0.717) is 5.69 Å². The lowest BCUT2D eigenvalue weighted by Gasteiger charge is -2.17. The van der Waals surface area contributed by atoms with Crippen molar-refractivity contribution in [2.24, 2.45) is 0 Å². The third kappa shape index (κ3) is 2.33. The van der Waals surface area contributed by atoms with Crippen molar-refractivity contribution in [2.75, 3.05) is 0 Å². The summed E-state index contributed by atoms with van der Waals surface area (Å²) in [7, 11) is 0. The van der Waals surface area contributed by atoms with Crippen LogP contribution in [0.25, 0.3) is 5.69 Å². The predicted molar refractivity (Wildman–Crippen MR) is 80.9 cm³/mol. The quantitative estimate of drug-likeness (QED) is 0.797. The van der Waals surface area contributed by atoms with Gasteiger partial charge in [-0.25, -0.2) is 14.3 Å². The highest BCUT2D eigenvalue weighted by Crippen LogP contribution is 2.16. The van der Waals surface area contributed by atoms with E-state index in [1.807, 2.05) is 55.5 Å². The Morgan fingerprint density at radius 2 is 1.43 bits per heavy atom. The smallest absolute Gasteiger partial charge is 0.256 e. The zero-order valence-electron chi connectivity index (χ0n) is 11.6. The van der Waals surface area contributed by atoms with Gasteiger partial charge in [0, 0.05) is 0 Å². The molecule has 0 amide bonds. The van der Waals surface area contributed by atoms with Crippen LogP contribution >= 0.6 is 0 Å². The maximum absolute atomic E-state index is 12.1. The van der Waals surface area contributed by atoms with E-state index in [2.05, 4.69) is 4.98 Å². The van der Waals surface area contributed by atoms with E-state index < -0.39 is 11.4 Å². The second-order valence-electron chi connectivity index (χ2n) is 4.81. The van der Waals surface area contributed by atoms with Crippen LogP contribution in [0.4, 0.5) is 0 Å². The van der Waals surface area contributed by atoms with Gasteiger partial charge < -0.3 is 0 Å². The molecule has 1 heterocycles. The minimum atomic E-state index is -0.436. The van der Waals surface area contributed by atoms with Crippen molar-refractivity contribution in [3.63, 3.8) is 0 Å². The first-order valence-corrected chi connectivity index (χ1v) is 6.72. The first-order valence-electron chi connectivity index (χ1n) is 6.72. The van der Waals surface area contributed by atoms with Crippen LogP contribution < -0.4 is 11.4 Å².